The lowest BCUT2D eigenvalue weighted by Gasteiger charge is -2.24. The van der Waals surface area contributed by atoms with Gasteiger partial charge in [-0.1, -0.05) is 13.8 Å². The molecule has 0 heterocycles. The lowest BCUT2D eigenvalue weighted by Crippen LogP contribution is -2.56. The molecule has 0 saturated heterocycles. The van der Waals surface area contributed by atoms with Gasteiger partial charge in [0, 0.05) is 13.5 Å². The molecule has 0 spiro atoms. The van der Waals surface area contributed by atoms with Crippen LogP contribution in [0, 0.1) is 11.3 Å². The van der Waals surface area contributed by atoms with Gasteiger partial charge in [-0.2, -0.15) is 0 Å². The molecule has 0 aliphatic heterocycles. The first-order chi connectivity index (χ1) is 12.9. The van der Waals surface area contributed by atoms with E-state index in [0.29, 0.717) is 19.4 Å². The van der Waals surface area contributed by atoms with Gasteiger partial charge in [-0.15, -0.1) is 0 Å². The highest BCUT2D eigenvalue weighted by Crippen LogP contribution is 2.06. The summed E-state index contributed by atoms with van der Waals surface area (Å²) in [6.07, 6.45) is 1.03. The Hall–Kier alpha value is -2.85. The Balaban J connectivity index is 5.09. The predicted octanol–water partition coefficient (Wildman–Crippen LogP) is -1.72. The van der Waals surface area contributed by atoms with Crippen molar-refractivity contribution >= 4 is 29.6 Å². The molecule has 0 aliphatic carbocycles. The van der Waals surface area contributed by atoms with Crippen molar-refractivity contribution in [1.29, 1.82) is 5.41 Å². The number of carbonyl (C=O) groups is 4. The fourth-order valence-electron chi connectivity index (χ4n) is 2.46. The maximum Gasteiger partial charge on any atom is 0.243 e. The number of nitrogens with one attached hydrogen (secondary N) is 5. The summed E-state index contributed by atoms with van der Waals surface area (Å²) in [5, 5.41) is 17.3. The van der Waals surface area contributed by atoms with E-state index in [4.69, 9.17) is 16.9 Å². The lowest BCUT2D eigenvalue weighted by atomic mass is 10.0. The third-order valence-corrected chi connectivity index (χ3v) is 3.80. The van der Waals surface area contributed by atoms with Crippen LogP contribution in [0.25, 0.3) is 0 Å². The van der Waals surface area contributed by atoms with E-state index in [1.165, 1.54) is 13.8 Å². The Morgan fingerprint density at radius 3 is 1.96 bits per heavy atom. The lowest BCUT2D eigenvalue weighted by molar-refractivity contribution is -0.133. The van der Waals surface area contributed by atoms with E-state index in [2.05, 4.69) is 21.3 Å². The number of nitrogens with two attached hydrogens (primary N) is 2. The summed E-state index contributed by atoms with van der Waals surface area (Å²) in [6.45, 7) is 6.90. The molecule has 11 nitrogen and oxygen atoms in total. The van der Waals surface area contributed by atoms with Crippen LogP contribution in [0.1, 0.15) is 47.0 Å². The van der Waals surface area contributed by atoms with Crippen LogP contribution in [0.3, 0.4) is 0 Å². The van der Waals surface area contributed by atoms with Crippen molar-refractivity contribution < 1.29 is 19.2 Å². The molecule has 0 aromatic rings. The molecule has 0 fully saturated rings. The molecule has 0 aliphatic rings. The standard InChI is InChI=1S/C17H33N7O4/c1-9(2)8-13(14(18)26)24-16(28)12(6-5-7-21-17(19)20)23-15(27)10(3)22-11(4)25/h9-10,12-13H,5-8H2,1-4H3,(H2,18,26)(H,22,25)(H,23,27)(H,24,28)(H4,19,20,21)/t10-,12-,13-/m0/s1. The van der Waals surface area contributed by atoms with Gasteiger partial charge in [0.1, 0.15) is 18.1 Å². The van der Waals surface area contributed by atoms with Gasteiger partial charge in [0.15, 0.2) is 5.96 Å². The first kappa shape index (κ1) is 25.1. The Kier molecular flexibility index (Phi) is 11.2. The molecular weight excluding hydrogens is 366 g/mol. The van der Waals surface area contributed by atoms with Crippen LogP contribution in [0.5, 0.6) is 0 Å². The average molecular weight is 399 g/mol. The van der Waals surface area contributed by atoms with E-state index in [0.717, 1.165) is 0 Å². The van der Waals surface area contributed by atoms with Gasteiger partial charge in [0.2, 0.25) is 23.6 Å². The number of hydrogen-bond donors (Lipinski definition) is 7. The van der Waals surface area contributed by atoms with Crippen molar-refractivity contribution in [2.24, 2.45) is 17.4 Å². The molecular formula is C17H33N7O4. The monoisotopic (exact) mass is 399 g/mol. The van der Waals surface area contributed by atoms with Crippen molar-refractivity contribution in [1.82, 2.24) is 21.3 Å². The topological polar surface area (TPSA) is 192 Å². The van der Waals surface area contributed by atoms with Crippen LogP contribution in [-0.2, 0) is 19.2 Å². The average Bonchev–Trinajstić information content (AvgIpc) is 2.55. The van der Waals surface area contributed by atoms with Crippen molar-refractivity contribution in [3.05, 3.63) is 0 Å². The molecule has 0 aromatic heterocycles. The minimum atomic E-state index is -0.938. The molecule has 0 aromatic carbocycles. The SMILES string of the molecule is CC(=O)N[C@@H](C)C(=O)N[C@@H](CCCNC(=N)N)C(=O)N[C@@H](CC(C)C)C(N)=O. The maximum atomic E-state index is 12.6. The van der Waals surface area contributed by atoms with Crippen LogP contribution >= 0.6 is 0 Å². The zero-order valence-corrected chi connectivity index (χ0v) is 16.9. The fourth-order valence-corrected chi connectivity index (χ4v) is 2.46. The molecule has 0 bridgehead atoms. The van der Waals surface area contributed by atoms with Gasteiger partial charge in [-0.25, -0.2) is 0 Å². The van der Waals surface area contributed by atoms with Crippen LogP contribution < -0.4 is 32.7 Å². The van der Waals surface area contributed by atoms with E-state index >= 15 is 0 Å². The largest absolute Gasteiger partial charge is 0.370 e. The highest BCUT2D eigenvalue weighted by atomic mass is 16.2. The quantitative estimate of drug-likeness (QED) is 0.116. The second kappa shape index (κ2) is 12.5. The summed E-state index contributed by atoms with van der Waals surface area (Å²) in [4.78, 5) is 47.6. The minimum Gasteiger partial charge on any atom is -0.370 e. The molecule has 0 radical (unpaired) electrons. The van der Waals surface area contributed by atoms with Gasteiger partial charge < -0.3 is 32.7 Å². The maximum absolute atomic E-state index is 12.6. The van der Waals surface area contributed by atoms with Crippen LogP contribution in [0.15, 0.2) is 0 Å². The molecule has 28 heavy (non-hydrogen) atoms. The van der Waals surface area contributed by atoms with Gasteiger partial charge in [-0.05, 0) is 32.1 Å². The number of primary amides is 1. The van der Waals surface area contributed by atoms with Gasteiger partial charge in [0.25, 0.3) is 0 Å². The number of rotatable bonds is 12. The molecule has 11 heteroatoms. The smallest absolute Gasteiger partial charge is 0.243 e. The first-order valence-electron chi connectivity index (χ1n) is 9.19. The highest BCUT2D eigenvalue weighted by Gasteiger charge is 2.27. The van der Waals surface area contributed by atoms with E-state index in [9.17, 15) is 19.2 Å². The Morgan fingerprint density at radius 1 is 0.929 bits per heavy atom. The molecule has 0 saturated carbocycles. The number of amides is 4. The van der Waals surface area contributed by atoms with Crippen molar-refractivity contribution in [3.63, 3.8) is 0 Å². The summed E-state index contributed by atoms with van der Waals surface area (Å²) in [6, 6.07) is -2.62. The van der Waals surface area contributed by atoms with Crippen LogP contribution in [0.2, 0.25) is 0 Å². The van der Waals surface area contributed by atoms with Crippen molar-refractivity contribution in [2.45, 2.75) is 65.1 Å². The Labute approximate surface area is 165 Å². The third kappa shape index (κ3) is 11.0. The molecule has 160 valence electrons. The van der Waals surface area contributed by atoms with Crippen LogP contribution in [-0.4, -0.2) is 54.3 Å². The summed E-state index contributed by atoms with van der Waals surface area (Å²) >= 11 is 0. The third-order valence-electron chi connectivity index (χ3n) is 3.80. The van der Waals surface area contributed by atoms with Crippen molar-refractivity contribution in [3.8, 4) is 0 Å². The minimum absolute atomic E-state index is 0.130. The molecule has 4 amide bonds. The second-order valence-electron chi connectivity index (χ2n) is 7.06. The molecule has 0 rings (SSSR count). The second-order valence-corrected chi connectivity index (χ2v) is 7.06. The summed E-state index contributed by atoms with van der Waals surface area (Å²) < 4.78 is 0. The van der Waals surface area contributed by atoms with E-state index < -0.39 is 35.8 Å². The summed E-state index contributed by atoms with van der Waals surface area (Å²) in [5.41, 5.74) is 10.6. The number of carbonyl (C=O) groups excluding carboxylic acids is 4. The predicted molar refractivity (Wildman–Crippen MR) is 105 cm³/mol. The van der Waals surface area contributed by atoms with Crippen molar-refractivity contribution in [2.75, 3.05) is 6.54 Å². The normalized spacial score (nSPS) is 13.8. The Morgan fingerprint density at radius 2 is 1.50 bits per heavy atom. The molecule has 9 N–H and O–H groups in total. The van der Waals surface area contributed by atoms with E-state index in [1.54, 1.807) is 0 Å². The van der Waals surface area contributed by atoms with Gasteiger partial charge >= 0.3 is 0 Å². The molecule has 0 unspecified atom stereocenters. The van der Waals surface area contributed by atoms with Gasteiger partial charge in [-0.3, -0.25) is 24.6 Å². The Bertz CT molecular complexity index is 580. The summed E-state index contributed by atoms with van der Waals surface area (Å²) in [5.74, 6) is -2.18. The van der Waals surface area contributed by atoms with Crippen LogP contribution in [0.4, 0.5) is 0 Å². The highest BCUT2D eigenvalue weighted by molar-refractivity contribution is 5.93. The first-order valence-corrected chi connectivity index (χ1v) is 9.19. The number of guanidine groups is 1. The van der Waals surface area contributed by atoms with E-state index in [-0.39, 0.29) is 24.2 Å². The van der Waals surface area contributed by atoms with E-state index in [1.807, 2.05) is 13.8 Å². The zero-order chi connectivity index (χ0) is 21.9. The molecule has 3 atom stereocenters. The number of hydrogen-bond acceptors (Lipinski definition) is 5. The van der Waals surface area contributed by atoms with Gasteiger partial charge in [0.05, 0.1) is 0 Å². The fraction of sp³-hybridized carbons (Fsp3) is 0.706. The zero-order valence-electron chi connectivity index (χ0n) is 16.9. The summed E-state index contributed by atoms with van der Waals surface area (Å²) in [7, 11) is 0.